The van der Waals surface area contributed by atoms with Crippen LogP contribution in [0.1, 0.15) is 141 Å². The van der Waals surface area contributed by atoms with E-state index in [1.165, 1.54) is 83.5 Å². The van der Waals surface area contributed by atoms with Crippen molar-refractivity contribution in [3.05, 3.63) is 35.9 Å². The second kappa shape index (κ2) is 25.9. The van der Waals surface area contributed by atoms with Gasteiger partial charge in [-0.05, 0) is 24.8 Å². The van der Waals surface area contributed by atoms with Crippen molar-refractivity contribution < 1.29 is 49.0 Å². The van der Waals surface area contributed by atoms with Gasteiger partial charge in [-0.3, -0.25) is 9.59 Å². The molecule has 7 heteroatoms. The Kier molecular flexibility index (Phi) is 25.0. The number of carboxylic acid groups (broad SMARTS) is 1. The molecule has 0 bridgehead atoms. The molecular weight excluding hydrogens is 487 g/mol. The number of hydrogen-bond donors (Lipinski definition) is 2. The van der Waals surface area contributed by atoms with Crippen molar-refractivity contribution in [1.82, 2.24) is 10.6 Å². The molecule has 0 fully saturated rings. The molecule has 1 aromatic rings. The molecule has 0 aliphatic rings. The summed E-state index contributed by atoms with van der Waals surface area (Å²) in [6.45, 7) is 2.49. The summed E-state index contributed by atoms with van der Waals surface area (Å²) in [4.78, 5) is 35.7. The van der Waals surface area contributed by atoms with Gasteiger partial charge in [-0.2, -0.15) is 0 Å². The SMILES string of the molecule is CCCCCCCCCCCCCCCCCCC(=O)NC(C(=O)NCCCC(=O)[O-])c1ccccc1.[Na+]. The molecule has 1 atom stereocenters. The van der Waals surface area contributed by atoms with E-state index in [2.05, 4.69) is 17.6 Å². The second-order valence-electron chi connectivity index (χ2n) is 10.2. The molecule has 1 aromatic carbocycles. The minimum Gasteiger partial charge on any atom is -0.550 e. The zero-order valence-electron chi connectivity index (χ0n) is 24.2. The maximum atomic E-state index is 12.7. The monoisotopic (exact) mass is 538 g/mol. The molecule has 6 nitrogen and oxygen atoms in total. The van der Waals surface area contributed by atoms with E-state index in [1.807, 2.05) is 18.2 Å². The molecule has 1 rings (SSSR count). The molecule has 0 saturated carbocycles. The van der Waals surface area contributed by atoms with Crippen LogP contribution in [-0.4, -0.2) is 24.3 Å². The van der Waals surface area contributed by atoms with Crippen LogP contribution in [0, 0.1) is 0 Å². The summed E-state index contributed by atoms with van der Waals surface area (Å²) in [5, 5.41) is 16.1. The number of nitrogens with one attached hydrogen (secondary N) is 2. The first-order valence-corrected chi connectivity index (χ1v) is 14.9. The van der Waals surface area contributed by atoms with Gasteiger partial charge in [-0.1, -0.05) is 134 Å². The predicted octanol–water partition coefficient (Wildman–Crippen LogP) is 3.15. The summed E-state index contributed by atoms with van der Waals surface area (Å²) < 4.78 is 0. The van der Waals surface area contributed by atoms with Crippen molar-refractivity contribution in [1.29, 1.82) is 0 Å². The van der Waals surface area contributed by atoms with E-state index >= 15 is 0 Å². The summed E-state index contributed by atoms with van der Waals surface area (Å²) in [5.74, 6) is -1.60. The van der Waals surface area contributed by atoms with Crippen LogP contribution in [0.25, 0.3) is 0 Å². The van der Waals surface area contributed by atoms with E-state index in [-0.39, 0.29) is 54.3 Å². The second-order valence-corrected chi connectivity index (χ2v) is 10.2. The summed E-state index contributed by atoms with van der Waals surface area (Å²) in [6, 6.07) is 8.34. The van der Waals surface area contributed by atoms with Crippen molar-refractivity contribution in [2.45, 2.75) is 135 Å². The molecule has 2 N–H and O–H groups in total. The zero-order chi connectivity index (χ0) is 27.0. The Morgan fingerprint density at radius 3 is 1.63 bits per heavy atom. The van der Waals surface area contributed by atoms with Gasteiger partial charge in [0, 0.05) is 18.9 Å². The Morgan fingerprint density at radius 2 is 1.16 bits per heavy atom. The van der Waals surface area contributed by atoms with Crippen LogP contribution in [0.15, 0.2) is 30.3 Å². The van der Waals surface area contributed by atoms with E-state index in [9.17, 15) is 19.5 Å². The molecule has 0 aromatic heterocycles. The summed E-state index contributed by atoms with van der Waals surface area (Å²) in [7, 11) is 0. The fourth-order valence-corrected chi connectivity index (χ4v) is 4.56. The molecule has 0 aliphatic heterocycles. The Bertz CT molecular complexity index is 730. The zero-order valence-corrected chi connectivity index (χ0v) is 26.2. The van der Waals surface area contributed by atoms with Crippen molar-refractivity contribution in [3.63, 3.8) is 0 Å². The number of unbranched alkanes of at least 4 members (excludes halogenated alkanes) is 15. The molecule has 0 spiro atoms. The number of amides is 2. The van der Waals surface area contributed by atoms with Crippen LogP contribution in [0.4, 0.5) is 0 Å². The summed E-state index contributed by atoms with van der Waals surface area (Å²) in [6.07, 6.45) is 21.2. The van der Waals surface area contributed by atoms with Crippen molar-refractivity contribution in [2.24, 2.45) is 0 Å². The van der Waals surface area contributed by atoms with Crippen molar-refractivity contribution in [2.75, 3.05) is 6.54 Å². The topological polar surface area (TPSA) is 98.3 Å². The number of benzene rings is 1. The summed E-state index contributed by atoms with van der Waals surface area (Å²) >= 11 is 0. The Hall–Kier alpha value is -1.37. The van der Waals surface area contributed by atoms with Gasteiger partial charge in [0.15, 0.2) is 0 Å². The van der Waals surface area contributed by atoms with Crippen LogP contribution < -0.4 is 45.3 Å². The van der Waals surface area contributed by atoms with Crippen LogP contribution in [0.2, 0.25) is 0 Å². The first-order valence-electron chi connectivity index (χ1n) is 14.9. The molecular formula is C31H51N2NaO4. The first kappa shape index (κ1) is 36.6. The standard InChI is InChI=1S/C31H52N2O4.Na/c1-2-3-4-5-6-7-8-9-10-11-12-13-14-15-16-20-24-28(34)33-30(27-22-18-17-19-23-27)31(37)32-26-21-25-29(35)36;/h17-19,22-23,30H,2-16,20-21,24-26H2,1H3,(H,32,37)(H,33,34)(H,35,36);/q;+1/p-1. The molecule has 210 valence electrons. The third kappa shape index (κ3) is 20.6. The normalized spacial score (nSPS) is 11.4. The van der Waals surface area contributed by atoms with Gasteiger partial charge in [0.1, 0.15) is 6.04 Å². The predicted molar refractivity (Wildman–Crippen MR) is 149 cm³/mol. The van der Waals surface area contributed by atoms with Crippen molar-refractivity contribution >= 4 is 17.8 Å². The van der Waals surface area contributed by atoms with Gasteiger partial charge in [0.05, 0.1) is 0 Å². The smallest absolute Gasteiger partial charge is 0.550 e. The molecule has 0 heterocycles. The van der Waals surface area contributed by atoms with Gasteiger partial charge < -0.3 is 20.5 Å². The van der Waals surface area contributed by atoms with Gasteiger partial charge in [0.25, 0.3) is 0 Å². The maximum Gasteiger partial charge on any atom is 1.00 e. The number of hydrogen-bond acceptors (Lipinski definition) is 4. The molecule has 1 unspecified atom stereocenters. The fourth-order valence-electron chi connectivity index (χ4n) is 4.56. The van der Waals surface area contributed by atoms with Gasteiger partial charge >= 0.3 is 29.6 Å². The van der Waals surface area contributed by atoms with E-state index in [0.717, 1.165) is 19.3 Å². The minimum atomic E-state index is -1.14. The molecule has 0 radical (unpaired) electrons. The van der Waals surface area contributed by atoms with Gasteiger partial charge in [0.2, 0.25) is 11.8 Å². The molecule has 0 saturated heterocycles. The van der Waals surface area contributed by atoms with Crippen LogP contribution >= 0.6 is 0 Å². The number of aliphatic carboxylic acids is 1. The molecule has 38 heavy (non-hydrogen) atoms. The van der Waals surface area contributed by atoms with Crippen LogP contribution in [-0.2, 0) is 14.4 Å². The Balaban J connectivity index is 0.0000137. The van der Waals surface area contributed by atoms with Crippen molar-refractivity contribution in [3.8, 4) is 0 Å². The third-order valence-corrected chi connectivity index (χ3v) is 6.81. The van der Waals surface area contributed by atoms with E-state index < -0.39 is 12.0 Å². The van der Waals surface area contributed by atoms with E-state index in [0.29, 0.717) is 18.4 Å². The molecule has 2 amide bonds. The maximum absolute atomic E-state index is 12.7. The van der Waals surface area contributed by atoms with E-state index in [1.54, 1.807) is 12.1 Å². The number of rotatable bonds is 24. The Labute approximate surface area is 253 Å². The quantitative estimate of drug-likeness (QED) is 0.156. The van der Waals surface area contributed by atoms with Crippen LogP contribution in [0.5, 0.6) is 0 Å². The average Bonchev–Trinajstić information content (AvgIpc) is 2.89. The summed E-state index contributed by atoms with van der Waals surface area (Å²) in [5.41, 5.74) is 0.709. The number of carboxylic acids is 1. The fraction of sp³-hybridized carbons (Fsp3) is 0.710. The number of carbonyl (C=O) groups excluding carboxylic acids is 3. The minimum absolute atomic E-state index is 0. The first-order chi connectivity index (χ1) is 18.0. The van der Waals surface area contributed by atoms with Crippen LogP contribution in [0.3, 0.4) is 0 Å². The third-order valence-electron chi connectivity index (χ3n) is 6.81. The Morgan fingerprint density at radius 1 is 0.684 bits per heavy atom. The largest absolute Gasteiger partial charge is 1.00 e. The van der Waals surface area contributed by atoms with Gasteiger partial charge in [-0.15, -0.1) is 0 Å². The van der Waals surface area contributed by atoms with E-state index in [4.69, 9.17) is 0 Å². The van der Waals surface area contributed by atoms with Gasteiger partial charge in [-0.25, -0.2) is 0 Å². The average molecular weight is 539 g/mol. The molecule has 0 aliphatic carbocycles. The number of carbonyl (C=O) groups is 3.